The Labute approximate surface area is 171 Å². The molecule has 2 aromatic rings. The van der Waals surface area contributed by atoms with Gasteiger partial charge in [0.15, 0.2) is 0 Å². The van der Waals surface area contributed by atoms with Crippen molar-refractivity contribution in [2.75, 3.05) is 0 Å². The first-order valence-corrected chi connectivity index (χ1v) is 10.7. The molecule has 138 valence electrons. The quantitative estimate of drug-likeness (QED) is 0.373. The molecule has 0 unspecified atom stereocenters. The van der Waals surface area contributed by atoms with Gasteiger partial charge in [-0.05, 0) is 62.1 Å². The molecule has 1 saturated heterocycles. The molecule has 0 radical (unpaired) electrons. The van der Waals surface area contributed by atoms with Crippen LogP contribution in [0.5, 0.6) is 0 Å². The number of rotatable bonds is 5. The highest BCUT2D eigenvalue weighted by atomic mass is 35.5. The number of allylic oxidation sites excluding steroid dienone is 1. The minimum absolute atomic E-state index is 0.289. The van der Waals surface area contributed by atoms with Crippen LogP contribution >= 0.6 is 35.1 Å². The van der Waals surface area contributed by atoms with Crippen LogP contribution in [0.1, 0.15) is 49.8 Å². The van der Waals surface area contributed by atoms with E-state index >= 15 is 0 Å². The number of nitrogens with zero attached hydrogens (tertiary/aromatic N) is 1. The average molecular weight is 406 g/mol. The predicted octanol–water partition coefficient (Wildman–Crippen LogP) is 7.53. The van der Waals surface area contributed by atoms with Gasteiger partial charge in [0, 0.05) is 27.3 Å². The highest BCUT2D eigenvalue weighted by Gasteiger charge is 2.39. The SMILES string of the molecule is C=CC[C@@H]1C[C@H](c2cccc(Cl)c2)[C@@H](c2ccc(Cl)cc2)N(C(C)C)S1. The van der Waals surface area contributed by atoms with Gasteiger partial charge in [0.1, 0.15) is 0 Å². The molecule has 0 N–H and O–H groups in total. The highest BCUT2D eigenvalue weighted by molar-refractivity contribution is 7.97. The van der Waals surface area contributed by atoms with E-state index < -0.39 is 0 Å². The maximum Gasteiger partial charge on any atom is 0.0523 e. The fourth-order valence-electron chi connectivity index (χ4n) is 3.73. The summed E-state index contributed by atoms with van der Waals surface area (Å²) in [6.07, 6.45) is 4.15. The van der Waals surface area contributed by atoms with Crippen molar-refractivity contribution in [3.8, 4) is 0 Å². The molecule has 4 heteroatoms. The van der Waals surface area contributed by atoms with Crippen LogP contribution in [0.2, 0.25) is 10.0 Å². The molecule has 0 aromatic heterocycles. The lowest BCUT2D eigenvalue weighted by molar-refractivity contribution is 0.239. The molecule has 0 bridgehead atoms. The van der Waals surface area contributed by atoms with Crippen LogP contribution in [0.4, 0.5) is 0 Å². The molecular formula is C22H25Cl2NS. The standard InChI is InChI=1S/C22H25Cl2NS/c1-4-6-20-14-21(17-7-5-8-19(24)13-17)22(25(26-20)15(2)3)16-9-11-18(23)12-10-16/h4-5,7-13,15,20-22H,1,6,14H2,2-3H3/t20-,21-,22-/m1/s1. The number of halogens is 2. The van der Waals surface area contributed by atoms with E-state index in [4.69, 9.17) is 23.2 Å². The summed E-state index contributed by atoms with van der Waals surface area (Å²) in [6.45, 7) is 8.49. The van der Waals surface area contributed by atoms with Crippen LogP contribution in [0.25, 0.3) is 0 Å². The van der Waals surface area contributed by atoms with Gasteiger partial charge in [-0.2, -0.15) is 0 Å². The Morgan fingerprint density at radius 2 is 1.85 bits per heavy atom. The van der Waals surface area contributed by atoms with E-state index in [-0.39, 0.29) is 6.04 Å². The molecule has 0 saturated carbocycles. The van der Waals surface area contributed by atoms with E-state index in [1.807, 2.05) is 36.2 Å². The summed E-state index contributed by atoms with van der Waals surface area (Å²) in [4.78, 5) is 0. The Morgan fingerprint density at radius 3 is 2.46 bits per heavy atom. The van der Waals surface area contributed by atoms with E-state index in [1.54, 1.807) is 0 Å². The van der Waals surface area contributed by atoms with Gasteiger partial charge in [0.2, 0.25) is 0 Å². The van der Waals surface area contributed by atoms with E-state index in [2.05, 4.69) is 55.1 Å². The van der Waals surface area contributed by atoms with Crippen molar-refractivity contribution >= 4 is 35.1 Å². The molecule has 0 amide bonds. The van der Waals surface area contributed by atoms with Crippen molar-refractivity contribution in [1.29, 1.82) is 0 Å². The zero-order valence-corrected chi connectivity index (χ0v) is 17.6. The summed E-state index contributed by atoms with van der Waals surface area (Å²) in [7, 11) is 0. The summed E-state index contributed by atoms with van der Waals surface area (Å²) in [6, 6.07) is 17.3. The molecule has 1 aliphatic rings. The number of hydrogen-bond acceptors (Lipinski definition) is 2. The van der Waals surface area contributed by atoms with Crippen molar-refractivity contribution < 1.29 is 0 Å². The molecule has 3 rings (SSSR count). The lowest BCUT2D eigenvalue weighted by atomic mass is 9.82. The molecule has 0 spiro atoms. The summed E-state index contributed by atoms with van der Waals surface area (Å²) < 4.78 is 2.55. The Bertz CT molecular complexity index is 744. The zero-order chi connectivity index (χ0) is 18.7. The van der Waals surface area contributed by atoms with E-state index in [0.29, 0.717) is 17.2 Å². The fourth-order valence-corrected chi connectivity index (χ4v) is 5.56. The molecule has 1 fully saturated rings. The van der Waals surface area contributed by atoms with Crippen molar-refractivity contribution in [3.63, 3.8) is 0 Å². The molecular weight excluding hydrogens is 381 g/mol. The zero-order valence-electron chi connectivity index (χ0n) is 15.2. The van der Waals surface area contributed by atoms with Crippen LogP contribution in [-0.4, -0.2) is 15.6 Å². The second kappa shape index (κ2) is 8.84. The van der Waals surface area contributed by atoms with Gasteiger partial charge < -0.3 is 0 Å². The normalized spacial score (nSPS) is 24.0. The molecule has 3 atom stereocenters. The van der Waals surface area contributed by atoms with Crippen LogP contribution in [0.15, 0.2) is 61.2 Å². The third kappa shape index (κ3) is 4.48. The first kappa shape index (κ1) is 19.8. The second-order valence-corrected chi connectivity index (χ2v) is 9.27. The van der Waals surface area contributed by atoms with Crippen LogP contribution in [-0.2, 0) is 0 Å². The first-order chi connectivity index (χ1) is 12.5. The maximum absolute atomic E-state index is 6.32. The molecule has 1 nitrogen and oxygen atoms in total. The van der Waals surface area contributed by atoms with Crippen molar-refractivity contribution in [1.82, 2.24) is 4.31 Å². The lowest BCUT2D eigenvalue weighted by Gasteiger charge is -2.46. The van der Waals surface area contributed by atoms with Crippen LogP contribution in [0, 0.1) is 0 Å². The Balaban J connectivity index is 2.06. The maximum atomic E-state index is 6.32. The third-order valence-corrected chi connectivity index (χ3v) is 6.93. The van der Waals surface area contributed by atoms with Gasteiger partial charge >= 0.3 is 0 Å². The van der Waals surface area contributed by atoms with Crippen molar-refractivity contribution in [2.24, 2.45) is 0 Å². The van der Waals surface area contributed by atoms with Crippen LogP contribution < -0.4 is 0 Å². The molecule has 26 heavy (non-hydrogen) atoms. The van der Waals surface area contributed by atoms with Crippen molar-refractivity contribution in [2.45, 2.75) is 49.9 Å². The van der Waals surface area contributed by atoms with Gasteiger partial charge in [-0.3, -0.25) is 0 Å². The third-order valence-electron chi connectivity index (χ3n) is 4.87. The summed E-state index contributed by atoms with van der Waals surface area (Å²) >= 11 is 14.4. The first-order valence-electron chi connectivity index (χ1n) is 9.06. The molecule has 0 aliphatic carbocycles. The largest absolute Gasteiger partial charge is 0.240 e. The second-order valence-electron chi connectivity index (χ2n) is 7.10. The Kier molecular flexibility index (Phi) is 6.74. The molecule has 2 aromatic carbocycles. The Morgan fingerprint density at radius 1 is 1.12 bits per heavy atom. The summed E-state index contributed by atoms with van der Waals surface area (Å²) in [5.41, 5.74) is 2.61. The Hall–Kier alpha value is -0.930. The van der Waals surface area contributed by atoms with E-state index in [0.717, 1.165) is 22.9 Å². The van der Waals surface area contributed by atoms with Gasteiger partial charge in [0.25, 0.3) is 0 Å². The van der Waals surface area contributed by atoms with Gasteiger partial charge in [0.05, 0.1) is 6.04 Å². The van der Waals surface area contributed by atoms with E-state index in [9.17, 15) is 0 Å². The average Bonchev–Trinajstić information content (AvgIpc) is 2.62. The van der Waals surface area contributed by atoms with Crippen molar-refractivity contribution in [3.05, 3.63) is 82.4 Å². The fraction of sp³-hybridized carbons (Fsp3) is 0.364. The topological polar surface area (TPSA) is 3.24 Å². The number of benzene rings is 2. The summed E-state index contributed by atoms with van der Waals surface area (Å²) in [5, 5.41) is 2.10. The number of hydrogen-bond donors (Lipinski definition) is 0. The minimum atomic E-state index is 0.289. The minimum Gasteiger partial charge on any atom is -0.240 e. The lowest BCUT2D eigenvalue weighted by Crippen LogP contribution is -2.39. The highest BCUT2D eigenvalue weighted by Crippen LogP contribution is 2.51. The smallest absolute Gasteiger partial charge is 0.0523 e. The molecule has 1 heterocycles. The van der Waals surface area contributed by atoms with Gasteiger partial charge in [-0.1, -0.05) is 65.5 Å². The van der Waals surface area contributed by atoms with Gasteiger partial charge in [-0.25, -0.2) is 4.31 Å². The predicted molar refractivity (Wildman–Crippen MR) is 116 cm³/mol. The summed E-state index contributed by atoms with van der Waals surface area (Å²) in [5.74, 6) is 0.378. The van der Waals surface area contributed by atoms with Gasteiger partial charge in [-0.15, -0.1) is 6.58 Å². The van der Waals surface area contributed by atoms with Crippen LogP contribution in [0.3, 0.4) is 0 Å². The monoisotopic (exact) mass is 405 g/mol. The molecule has 1 aliphatic heterocycles. The van der Waals surface area contributed by atoms with E-state index in [1.165, 1.54) is 11.1 Å².